The van der Waals surface area contributed by atoms with Crippen LogP contribution in [0.2, 0.25) is 0 Å². The maximum absolute atomic E-state index is 11.5. The summed E-state index contributed by atoms with van der Waals surface area (Å²) in [5.41, 5.74) is 0.632. The summed E-state index contributed by atoms with van der Waals surface area (Å²) in [6.45, 7) is 8.16. The fourth-order valence-electron chi connectivity index (χ4n) is 1.02. The molecular formula is C12H22O3. The second kappa shape index (κ2) is 8.33. The maximum Gasteiger partial charge on any atom is 0.337 e. The Morgan fingerprint density at radius 3 is 2.47 bits per heavy atom. The fourth-order valence-corrected chi connectivity index (χ4v) is 1.02. The van der Waals surface area contributed by atoms with Gasteiger partial charge >= 0.3 is 5.97 Å². The first-order valence-electron chi connectivity index (χ1n) is 5.63. The van der Waals surface area contributed by atoms with E-state index in [1.807, 2.05) is 13.8 Å². The Balaban J connectivity index is 4.28. The number of carbonyl (C=O) groups is 1. The summed E-state index contributed by atoms with van der Waals surface area (Å²) in [6.07, 6.45) is 4.39. The van der Waals surface area contributed by atoms with Gasteiger partial charge in [0.25, 0.3) is 0 Å². The molecule has 0 aromatic carbocycles. The van der Waals surface area contributed by atoms with E-state index in [1.165, 1.54) is 0 Å². The molecule has 3 nitrogen and oxygen atoms in total. The molecule has 0 saturated carbocycles. The number of hydrogen-bond acceptors (Lipinski definition) is 3. The number of rotatable bonds is 7. The predicted octanol–water partition coefficient (Wildman–Crippen LogP) is 3.05. The zero-order chi connectivity index (χ0) is 11.7. The lowest BCUT2D eigenvalue weighted by atomic mass is 10.1. The molecule has 15 heavy (non-hydrogen) atoms. The largest absolute Gasteiger partial charge is 0.498 e. The Morgan fingerprint density at radius 1 is 1.33 bits per heavy atom. The first-order valence-corrected chi connectivity index (χ1v) is 5.63. The molecule has 0 aliphatic carbocycles. The Labute approximate surface area is 92.5 Å². The van der Waals surface area contributed by atoms with E-state index in [1.54, 1.807) is 13.2 Å². The summed E-state index contributed by atoms with van der Waals surface area (Å²) < 4.78 is 10.3. The molecule has 0 atom stereocenters. The molecule has 0 radical (unpaired) electrons. The molecule has 0 aliphatic rings. The third-order valence-electron chi connectivity index (χ3n) is 1.82. The van der Waals surface area contributed by atoms with E-state index in [0.29, 0.717) is 12.2 Å². The quantitative estimate of drug-likeness (QED) is 0.371. The fraction of sp³-hybridized carbons (Fsp3) is 0.750. The van der Waals surface area contributed by atoms with Crippen LogP contribution in [0.15, 0.2) is 11.8 Å². The van der Waals surface area contributed by atoms with E-state index in [2.05, 4.69) is 6.92 Å². The van der Waals surface area contributed by atoms with E-state index in [0.717, 1.165) is 19.3 Å². The summed E-state index contributed by atoms with van der Waals surface area (Å²) in [5.74, 6) is -0.258. The van der Waals surface area contributed by atoms with Crippen LogP contribution in [-0.4, -0.2) is 18.7 Å². The highest BCUT2D eigenvalue weighted by molar-refractivity contribution is 5.88. The van der Waals surface area contributed by atoms with Crippen molar-refractivity contribution in [2.75, 3.05) is 6.61 Å². The summed E-state index contributed by atoms with van der Waals surface area (Å²) in [7, 11) is 0. The lowest BCUT2D eigenvalue weighted by Gasteiger charge is -2.09. The molecule has 0 heterocycles. The van der Waals surface area contributed by atoms with Gasteiger partial charge in [-0.15, -0.1) is 0 Å². The van der Waals surface area contributed by atoms with Crippen molar-refractivity contribution >= 4 is 5.97 Å². The highest BCUT2D eigenvalue weighted by atomic mass is 16.5. The summed E-state index contributed by atoms with van der Waals surface area (Å²) in [6, 6.07) is 0. The van der Waals surface area contributed by atoms with E-state index >= 15 is 0 Å². The molecule has 0 aliphatic heterocycles. The Morgan fingerprint density at radius 2 is 2.00 bits per heavy atom. The zero-order valence-electron chi connectivity index (χ0n) is 10.2. The van der Waals surface area contributed by atoms with Gasteiger partial charge in [-0.25, -0.2) is 4.79 Å². The van der Waals surface area contributed by atoms with Gasteiger partial charge in [-0.3, -0.25) is 0 Å². The minimum absolute atomic E-state index is 0.0936. The normalized spacial score (nSPS) is 11.7. The lowest BCUT2D eigenvalue weighted by molar-refractivity contribution is -0.138. The SMILES string of the molecule is CCCC/C(=C/OC(C)C)C(=O)OCC. The molecule has 3 heteroatoms. The number of ether oxygens (including phenoxy) is 2. The smallest absolute Gasteiger partial charge is 0.337 e. The molecule has 0 saturated heterocycles. The van der Waals surface area contributed by atoms with Crippen molar-refractivity contribution in [3.8, 4) is 0 Å². The first kappa shape index (κ1) is 14.0. The second-order valence-corrected chi connectivity index (χ2v) is 3.65. The van der Waals surface area contributed by atoms with Crippen molar-refractivity contribution in [2.45, 2.75) is 53.1 Å². The molecule has 0 aromatic rings. The van der Waals surface area contributed by atoms with Gasteiger partial charge in [0.2, 0.25) is 0 Å². The number of hydrogen-bond donors (Lipinski definition) is 0. The van der Waals surface area contributed by atoms with Crippen LogP contribution in [-0.2, 0) is 14.3 Å². The Hall–Kier alpha value is -0.990. The van der Waals surface area contributed by atoms with Gasteiger partial charge in [-0.1, -0.05) is 13.3 Å². The minimum atomic E-state index is -0.258. The Kier molecular flexibility index (Phi) is 7.78. The summed E-state index contributed by atoms with van der Waals surface area (Å²) >= 11 is 0. The molecule has 0 spiro atoms. The van der Waals surface area contributed by atoms with Crippen molar-refractivity contribution in [1.29, 1.82) is 0 Å². The molecule has 88 valence electrons. The molecule has 0 aromatic heterocycles. The van der Waals surface area contributed by atoms with Crippen LogP contribution in [0.1, 0.15) is 47.0 Å². The lowest BCUT2D eigenvalue weighted by Crippen LogP contribution is -2.09. The average molecular weight is 214 g/mol. The van der Waals surface area contributed by atoms with Gasteiger partial charge in [-0.2, -0.15) is 0 Å². The number of carbonyl (C=O) groups excluding carboxylic acids is 1. The monoisotopic (exact) mass is 214 g/mol. The molecule has 0 unspecified atom stereocenters. The number of unbranched alkanes of at least 4 members (excludes halogenated alkanes) is 1. The van der Waals surface area contributed by atoms with Crippen molar-refractivity contribution in [1.82, 2.24) is 0 Å². The van der Waals surface area contributed by atoms with Crippen molar-refractivity contribution in [2.24, 2.45) is 0 Å². The van der Waals surface area contributed by atoms with E-state index in [9.17, 15) is 4.79 Å². The van der Waals surface area contributed by atoms with Gasteiger partial charge in [0.05, 0.1) is 24.5 Å². The molecule has 0 rings (SSSR count). The van der Waals surface area contributed by atoms with Gasteiger partial charge in [0.1, 0.15) is 0 Å². The van der Waals surface area contributed by atoms with E-state index in [-0.39, 0.29) is 12.1 Å². The highest BCUT2D eigenvalue weighted by Gasteiger charge is 2.10. The van der Waals surface area contributed by atoms with Crippen LogP contribution in [0, 0.1) is 0 Å². The highest BCUT2D eigenvalue weighted by Crippen LogP contribution is 2.10. The summed E-state index contributed by atoms with van der Waals surface area (Å²) in [4.78, 5) is 11.5. The van der Waals surface area contributed by atoms with Crippen LogP contribution in [0.3, 0.4) is 0 Å². The van der Waals surface area contributed by atoms with E-state index in [4.69, 9.17) is 9.47 Å². The topological polar surface area (TPSA) is 35.5 Å². The molecular weight excluding hydrogens is 192 g/mol. The zero-order valence-corrected chi connectivity index (χ0v) is 10.2. The van der Waals surface area contributed by atoms with Gasteiger partial charge < -0.3 is 9.47 Å². The molecule has 0 bridgehead atoms. The standard InChI is InChI=1S/C12H22O3/c1-5-7-8-11(9-15-10(3)4)12(13)14-6-2/h9-10H,5-8H2,1-4H3/b11-9-. The first-order chi connectivity index (χ1) is 7.11. The maximum atomic E-state index is 11.5. The van der Waals surface area contributed by atoms with Crippen LogP contribution >= 0.6 is 0 Å². The van der Waals surface area contributed by atoms with Crippen LogP contribution < -0.4 is 0 Å². The molecule has 0 amide bonds. The second-order valence-electron chi connectivity index (χ2n) is 3.65. The van der Waals surface area contributed by atoms with Gasteiger partial charge in [0.15, 0.2) is 0 Å². The third kappa shape index (κ3) is 7.00. The van der Waals surface area contributed by atoms with Crippen LogP contribution in [0.4, 0.5) is 0 Å². The van der Waals surface area contributed by atoms with Crippen molar-refractivity contribution < 1.29 is 14.3 Å². The van der Waals surface area contributed by atoms with E-state index < -0.39 is 0 Å². The Bertz CT molecular complexity index is 207. The minimum Gasteiger partial charge on any atom is -0.498 e. The van der Waals surface area contributed by atoms with Gasteiger partial charge in [0, 0.05) is 0 Å². The van der Waals surface area contributed by atoms with Crippen LogP contribution in [0.25, 0.3) is 0 Å². The number of esters is 1. The van der Waals surface area contributed by atoms with Crippen molar-refractivity contribution in [3.05, 3.63) is 11.8 Å². The predicted molar refractivity (Wildman–Crippen MR) is 60.5 cm³/mol. The average Bonchev–Trinajstić information content (AvgIpc) is 2.17. The molecule has 0 N–H and O–H groups in total. The van der Waals surface area contributed by atoms with Crippen molar-refractivity contribution in [3.63, 3.8) is 0 Å². The third-order valence-corrected chi connectivity index (χ3v) is 1.82. The van der Waals surface area contributed by atoms with Gasteiger partial charge in [-0.05, 0) is 33.6 Å². The molecule has 0 fully saturated rings. The van der Waals surface area contributed by atoms with Crippen LogP contribution in [0.5, 0.6) is 0 Å². The summed E-state index contributed by atoms with van der Waals surface area (Å²) in [5, 5.41) is 0.